The summed E-state index contributed by atoms with van der Waals surface area (Å²) in [5.74, 6) is 0. The largest absolute Gasteiger partial charge is 0.462 e. The van der Waals surface area contributed by atoms with Gasteiger partial charge in [0, 0.05) is 25.7 Å². The van der Waals surface area contributed by atoms with Crippen molar-refractivity contribution < 1.29 is 9.53 Å². The van der Waals surface area contributed by atoms with Gasteiger partial charge in [0.05, 0.1) is 0 Å². The van der Waals surface area contributed by atoms with Crippen molar-refractivity contribution in [3.05, 3.63) is 0 Å². The summed E-state index contributed by atoms with van der Waals surface area (Å²) in [6.07, 6.45) is 0. The lowest BCUT2D eigenvalue weighted by molar-refractivity contribution is -0.138. The van der Waals surface area contributed by atoms with Crippen LogP contribution in [0.4, 0.5) is 0 Å². The Kier molecular flexibility index (Phi) is 7.34. The zero-order valence-corrected chi connectivity index (χ0v) is 11.2. The van der Waals surface area contributed by atoms with Gasteiger partial charge in [-0.05, 0) is 34.2 Å². The summed E-state index contributed by atoms with van der Waals surface area (Å²) in [4.78, 5) is 12.1. The highest BCUT2D eigenvalue weighted by Gasteiger charge is 2.14. The number of nitrogens with one attached hydrogen (secondary N) is 1. The number of hydrogen-bond acceptors (Lipinski definition) is 4. The number of carbonyl (C=O) groups excluding carboxylic acids is 1. The summed E-state index contributed by atoms with van der Waals surface area (Å²) in [5.41, 5.74) is -0.318. The average Bonchev–Trinajstić information content (AvgIpc) is 2.17. The maximum absolute atomic E-state index is 9.60. The second kappa shape index (κ2) is 7.63. The average molecular weight is 230 g/mol. The monoisotopic (exact) mass is 230 g/mol. The molecule has 0 aliphatic carbocycles. The molecule has 0 aromatic carbocycles. The third kappa shape index (κ3) is 7.65. The fourth-order valence-corrected chi connectivity index (χ4v) is 1.50. The van der Waals surface area contributed by atoms with E-state index in [4.69, 9.17) is 0 Å². The highest BCUT2D eigenvalue weighted by atomic mass is 16.5. The minimum Gasteiger partial charge on any atom is -0.462 e. The molecule has 96 valence electrons. The smallest absolute Gasteiger partial charge is 0.293 e. The number of carbonyl (C=O) groups is 1. The van der Waals surface area contributed by atoms with Crippen molar-refractivity contribution >= 4 is 6.47 Å². The molecule has 1 aliphatic heterocycles. The van der Waals surface area contributed by atoms with Crippen molar-refractivity contribution in [2.45, 2.75) is 46.3 Å². The van der Waals surface area contributed by atoms with Crippen LogP contribution in [0.2, 0.25) is 0 Å². The fourth-order valence-electron chi connectivity index (χ4n) is 1.50. The second-order valence-corrected chi connectivity index (χ2v) is 5.01. The van der Waals surface area contributed by atoms with Crippen LogP contribution in [0.15, 0.2) is 0 Å². The van der Waals surface area contributed by atoms with Crippen molar-refractivity contribution in [3.8, 4) is 0 Å². The molecular weight excluding hydrogens is 204 g/mol. The van der Waals surface area contributed by atoms with Crippen LogP contribution in [-0.2, 0) is 9.53 Å². The van der Waals surface area contributed by atoms with Crippen molar-refractivity contribution in [1.29, 1.82) is 0 Å². The molecule has 0 radical (unpaired) electrons. The zero-order chi connectivity index (χ0) is 12.6. The quantitative estimate of drug-likeness (QED) is 0.725. The van der Waals surface area contributed by atoms with E-state index in [9.17, 15) is 4.79 Å². The van der Waals surface area contributed by atoms with Gasteiger partial charge in [-0.1, -0.05) is 6.92 Å². The Hall–Kier alpha value is -0.610. The van der Waals surface area contributed by atoms with E-state index in [2.05, 4.69) is 28.8 Å². The summed E-state index contributed by atoms with van der Waals surface area (Å²) in [6, 6.07) is 0.740. The molecule has 1 heterocycles. The molecular formula is C12H26N2O2. The van der Waals surface area contributed by atoms with Crippen LogP contribution in [0.1, 0.15) is 34.6 Å². The fraction of sp³-hybridized carbons (Fsp3) is 0.917. The Balaban J connectivity index is 0.000000293. The second-order valence-electron chi connectivity index (χ2n) is 5.01. The maximum atomic E-state index is 9.60. The zero-order valence-electron chi connectivity index (χ0n) is 11.2. The van der Waals surface area contributed by atoms with Gasteiger partial charge < -0.3 is 10.1 Å². The Bertz CT molecular complexity index is 190. The number of piperazine rings is 1. The molecule has 16 heavy (non-hydrogen) atoms. The van der Waals surface area contributed by atoms with Gasteiger partial charge in [-0.2, -0.15) is 0 Å². The third-order valence-electron chi connectivity index (χ3n) is 2.45. The molecule has 0 amide bonds. The van der Waals surface area contributed by atoms with Crippen LogP contribution < -0.4 is 5.32 Å². The van der Waals surface area contributed by atoms with E-state index < -0.39 is 0 Å². The van der Waals surface area contributed by atoms with Gasteiger partial charge in [-0.3, -0.25) is 9.69 Å². The molecule has 0 aromatic heterocycles. The summed E-state index contributed by atoms with van der Waals surface area (Å²) >= 11 is 0. The SMILES string of the molecule is CC(C)(C)OC=O.CCN1CCNC[C@H]1C. The highest BCUT2D eigenvalue weighted by Crippen LogP contribution is 2.02. The van der Waals surface area contributed by atoms with Crippen LogP contribution in [-0.4, -0.2) is 49.2 Å². The Labute approximate surface area is 99.3 Å². The van der Waals surface area contributed by atoms with Crippen LogP contribution in [0.3, 0.4) is 0 Å². The number of likely N-dealkylation sites (N-methyl/N-ethyl adjacent to an activating group) is 1. The Morgan fingerprint density at radius 1 is 1.50 bits per heavy atom. The van der Waals surface area contributed by atoms with Crippen molar-refractivity contribution in [3.63, 3.8) is 0 Å². The van der Waals surface area contributed by atoms with Crippen molar-refractivity contribution in [2.24, 2.45) is 0 Å². The standard InChI is InChI=1S/C7H16N2.C5H10O2/c1-3-9-5-4-8-6-7(9)2;1-5(2,3)7-4-6/h7-8H,3-6H2,1-2H3;4H,1-3H3/t7-;/m1./s1. The number of ether oxygens (including phenoxy) is 1. The van der Waals surface area contributed by atoms with E-state index in [1.54, 1.807) is 0 Å². The molecule has 1 atom stereocenters. The highest BCUT2D eigenvalue weighted by molar-refractivity contribution is 5.37. The minimum absolute atomic E-state index is 0.318. The number of nitrogens with zero attached hydrogens (tertiary/aromatic N) is 1. The molecule has 1 aliphatic rings. The Morgan fingerprint density at radius 3 is 2.38 bits per heavy atom. The lowest BCUT2D eigenvalue weighted by Crippen LogP contribution is -2.49. The molecule has 1 N–H and O–H groups in total. The van der Waals surface area contributed by atoms with Gasteiger partial charge in [0.2, 0.25) is 0 Å². The van der Waals surface area contributed by atoms with E-state index in [0.717, 1.165) is 19.1 Å². The summed E-state index contributed by atoms with van der Waals surface area (Å²) in [5, 5.41) is 3.36. The first kappa shape index (κ1) is 15.4. The summed E-state index contributed by atoms with van der Waals surface area (Å²) in [7, 11) is 0. The van der Waals surface area contributed by atoms with Crippen LogP contribution in [0, 0.1) is 0 Å². The van der Waals surface area contributed by atoms with Crippen LogP contribution in [0.25, 0.3) is 0 Å². The topological polar surface area (TPSA) is 41.6 Å². The summed E-state index contributed by atoms with van der Waals surface area (Å²) in [6.45, 7) is 15.2. The lowest BCUT2D eigenvalue weighted by Gasteiger charge is -2.32. The van der Waals surface area contributed by atoms with Gasteiger partial charge in [0.1, 0.15) is 5.60 Å². The number of hydrogen-bond donors (Lipinski definition) is 1. The van der Waals surface area contributed by atoms with Gasteiger partial charge in [0.25, 0.3) is 6.47 Å². The van der Waals surface area contributed by atoms with Crippen molar-refractivity contribution in [1.82, 2.24) is 10.2 Å². The molecule has 0 saturated carbocycles. The Morgan fingerprint density at radius 2 is 2.12 bits per heavy atom. The molecule has 0 spiro atoms. The molecule has 4 heteroatoms. The van der Waals surface area contributed by atoms with Gasteiger partial charge in [0.15, 0.2) is 0 Å². The minimum atomic E-state index is -0.318. The molecule has 0 aromatic rings. The molecule has 0 bridgehead atoms. The van der Waals surface area contributed by atoms with Gasteiger partial charge in [-0.25, -0.2) is 0 Å². The van der Waals surface area contributed by atoms with Crippen LogP contribution >= 0.6 is 0 Å². The molecule has 1 fully saturated rings. The van der Waals surface area contributed by atoms with E-state index in [1.165, 1.54) is 13.1 Å². The first-order valence-corrected chi connectivity index (χ1v) is 5.97. The van der Waals surface area contributed by atoms with E-state index in [1.807, 2.05) is 20.8 Å². The third-order valence-corrected chi connectivity index (χ3v) is 2.45. The van der Waals surface area contributed by atoms with E-state index >= 15 is 0 Å². The molecule has 0 unspecified atom stereocenters. The molecule has 1 saturated heterocycles. The van der Waals surface area contributed by atoms with E-state index in [-0.39, 0.29) is 5.60 Å². The van der Waals surface area contributed by atoms with Gasteiger partial charge >= 0.3 is 0 Å². The normalized spacial score (nSPS) is 21.9. The molecule has 4 nitrogen and oxygen atoms in total. The lowest BCUT2D eigenvalue weighted by atomic mass is 10.2. The predicted molar refractivity (Wildman–Crippen MR) is 66.5 cm³/mol. The maximum Gasteiger partial charge on any atom is 0.293 e. The predicted octanol–water partition coefficient (Wildman–Crippen LogP) is 1.26. The van der Waals surface area contributed by atoms with Crippen LogP contribution in [0.5, 0.6) is 0 Å². The first-order valence-electron chi connectivity index (χ1n) is 5.97. The molecule has 1 rings (SSSR count). The van der Waals surface area contributed by atoms with Crippen molar-refractivity contribution in [2.75, 3.05) is 26.2 Å². The summed E-state index contributed by atoms with van der Waals surface area (Å²) < 4.78 is 4.55. The first-order chi connectivity index (χ1) is 7.40. The number of rotatable bonds is 2. The van der Waals surface area contributed by atoms with Gasteiger partial charge in [-0.15, -0.1) is 0 Å². The van der Waals surface area contributed by atoms with E-state index in [0.29, 0.717) is 6.47 Å².